The highest BCUT2D eigenvalue weighted by molar-refractivity contribution is 5.77. The van der Waals surface area contributed by atoms with E-state index < -0.39 is 0 Å². The summed E-state index contributed by atoms with van der Waals surface area (Å²) in [5.74, 6) is 3.42. The molecule has 1 N–H and O–H groups in total. The second-order valence-corrected chi connectivity index (χ2v) is 7.61. The van der Waals surface area contributed by atoms with E-state index in [1.54, 1.807) is 0 Å². The predicted molar refractivity (Wildman–Crippen MR) is 73.1 cm³/mol. The molecule has 0 aliphatic heterocycles. The van der Waals surface area contributed by atoms with E-state index in [1.807, 2.05) is 13.8 Å². The summed E-state index contributed by atoms with van der Waals surface area (Å²) in [6.45, 7) is 4.85. The average Bonchev–Trinajstić information content (AvgIpc) is 2.26. The molecule has 2 nitrogen and oxygen atoms in total. The Morgan fingerprint density at radius 2 is 1.61 bits per heavy atom. The Bertz CT molecular complexity index is 299. The van der Waals surface area contributed by atoms with Crippen molar-refractivity contribution >= 4 is 5.91 Å². The summed E-state index contributed by atoms with van der Waals surface area (Å²) in [6.07, 6.45) is 10.1. The van der Waals surface area contributed by atoms with Crippen LogP contribution in [0.3, 0.4) is 0 Å². The van der Waals surface area contributed by atoms with Crippen LogP contribution in [0.4, 0.5) is 0 Å². The standard InChI is InChI=1S/C16H27NO/c1-11(2)15(18)17-4-3-16-8-12-5-13(9-16)7-14(6-12)10-16/h11-14H,3-10H2,1-2H3,(H,17,18). The van der Waals surface area contributed by atoms with Crippen LogP contribution >= 0.6 is 0 Å². The van der Waals surface area contributed by atoms with Crippen molar-refractivity contribution < 1.29 is 4.79 Å². The predicted octanol–water partition coefficient (Wildman–Crippen LogP) is 3.37. The van der Waals surface area contributed by atoms with Crippen LogP contribution in [0.25, 0.3) is 0 Å². The minimum atomic E-state index is 0.126. The SMILES string of the molecule is CC(C)C(=O)NCCC12CC3CC(CC(C3)C1)C2. The summed E-state index contributed by atoms with van der Waals surface area (Å²) >= 11 is 0. The second-order valence-electron chi connectivity index (χ2n) is 7.61. The third-order valence-electron chi connectivity index (χ3n) is 5.64. The monoisotopic (exact) mass is 249 g/mol. The van der Waals surface area contributed by atoms with E-state index in [2.05, 4.69) is 5.32 Å². The number of hydrogen-bond acceptors (Lipinski definition) is 1. The van der Waals surface area contributed by atoms with Gasteiger partial charge in [-0.2, -0.15) is 0 Å². The van der Waals surface area contributed by atoms with Crippen LogP contribution in [-0.2, 0) is 4.79 Å². The Kier molecular flexibility index (Phi) is 3.15. The maximum atomic E-state index is 11.6. The van der Waals surface area contributed by atoms with Crippen LogP contribution in [0, 0.1) is 29.1 Å². The molecular weight excluding hydrogens is 222 g/mol. The van der Waals surface area contributed by atoms with Crippen molar-refractivity contribution in [2.45, 2.75) is 58.8 Å². The van der Waals surface area contributed by atoms with Gasteiger partial charge < -0.3 is 5.32 Å². The minimum absolute atomic E-state index is 0.126. The van der Waals surface area contributed by atoms with Gasteiger partial charge in [0.15, 0.2) is 0 Å². The maximum Gasteiger partial charge on any atom is 0.222 e. The first kappa shape index (κ1) is 12.5. The molecule has 4 aliphatic rings. The summed E-state index contributed by atoms with van der Waals surface area (Å²) in [5.41, 5.74) is 0.610. The molecule has 4 rings (SSSR count). The molecule has 0 atom stereocenters. The van der Waals surface area contributed by atoms with Crippen molar-refractivity contribution in [3.05, 3.63) is 0 Å². The van der Waals surface area contributed by atoms with Gasteiger partial charge in [0, 0.05) is 12.5 Å². The van der Waals surface area contributed by atoms with Crippen molar-refractivity contribution in [3.8, 4) is 0 Å². The fourth-order valence-corrected chi connectivity index (χ4v) is 5.25. The van der Waals surface area contributed by atoms with Crippen molar-refractivity contribution in [1.29, 1.82) is 0 Å². The normalized spacial score (nSPS) is 41.4. The molecule has 102 valence electrons. The molecule has 0 spiro atoms. The number of hydrogen-bond donors (Lipinski definition) is 1. The zero-order valence-corrected chi connectivity index (χ0v) is 11.9. The minimum Gasteiger partial charge on any atom is -0.356 e. The number of nitrogens with one attached hydrogen (secondary N) is 1. The fraction of sp³-hybridized carbons (Fsp3) is 0.938. The van der Waals surface area contributed by atoms with Crippen LogP contribution in [0.15, 0.2) is 0 Å². The molecule has 0 aromatic rings. The van der Waals surface area contributed by atoms with E-state index in [4.69, 9.17) is 0 Å². The average molecular weight is 249 g/mol. The first-order chi connectivity index (χ1) is 8.56. The molecule has 4 fully saturated rings. The van der Waals surface area contributed by atoms with Crippen LogP contribution in [0.1, 0.15) is 58.8 Å². The van der Waals surface area contributed by atoms with Crippen molar-refractivity contribution in [1.82, 2.24) is 5.32 Å². The van der Waals surface area contributed by atoms with Crippen LogP contribution in [-0.4, -0.2) is 12.5 Å². The number of rotatable bonds is 4. The molecule has 18 heavy (non-hydrogen) atoms. The Labute approximate surface area is 111 Å². The topological polar surface area (TPSA) is 29.1 Å². The molecule has 0 aromatic heterocycles. The van der Waals surface area contributed by atoms with E-state index in [0.29, 0.717) is 5.41 Å². The van der Waals surface area contributed by atoms with Crippen LogP contribution < -0.4 is 5.32 Å². The number of amides is 1. The molecule has 0 radical (unpaired) electrons. The lowest BCUT2D eigenvalue weighted by atomic mass is 9.49. The van der Waals surface area contributed by atoms with Gasteiger partial charge in [-0.1, -0.05) is 13.8 Å². The second kappa shape index (κ2) is 4.54. The molecule has 4 bridgehead atoms. The molecule has 1 amide bonds. The lowest BCUT2D eigenvalue weighted by Crippen LogP contribution is -2.47. The van der Waals surface area contributed by atoms with Crippen LogP contribution in [0.5, 0.6) is 0 Å². The quantitative estimate of drug-likeness (QED) is 0.813. The number of carbonyl (C=O) groups excluding carboxylic acids is 1. The molecule has 0 saturated heterocycles. The molecule has 0 aromatic carbocycles. The van der Waals surface area contributed by atoms with E-state index >= 15 is 0 Å². The largest absolute Gasteiger partial charge is 0.356 e. The van der Waals surface area contributed by atoms with Gasteiger partial charge in [-0.3, -0.25) is 4.79 Å². The van der Waals surface area contributed by atoms with E-state index in [1.165, 1.54) is 44.9 Å². The first-order valence-electron chi connectivity index (χ1n) is 7.84. The lowest BCUT2D eigenvalue weighted by Gasteiger charge is -2.57. The van der Waals surface area contributed by atoms with Crippen molar-refractivity contribution in [2.75, 3.05) is 6.54 Å². The van der Waals surface area contributed by atoms with Crippen LogP contribution in [0.2, 0.25) is 0 Å². The van der Waals surface area contributed by atoms with Gasteiger partial charge in [0.2, 0.25) is 5.91 Å². The highest BCUT2D eigenvalue weighted by Gasteiger charge is 2.50. The van der Waals surface area contributed by atoms with Gasteiger partial charge in [0.1, 0.15) is 0 Å². The zero-order valence-electron chi connectivity index (χ0n) is 11.9. The Hall–Kier alpha value is -0.530. The summed E-state index contributed by atoms with van der Waals surface area (Å²) < 4.78 is 0. The molecule has 4 saturated carbocycles. The maximum absolute atomic E-state index is 11.6. The summed E-state index contributed by atoms with van der Waals surface area (Å²) in [7, 11) is 0. The lowest BCUT2D eigenvalue weighted by molar-refractivity contribution is -0.124. The Balaban J connectivity index is 1.54. The molecule has 0 unspecified atom stereocenters. The third-order valence-corrected chi connectivity index (χ3v) is 5.64. The third kappa shape index (κ3) is 2.31. The number of carbonyl (C=O) groups is 1. The summed E-state index contributed by atoms with van der Waals surface area (Å²) in [5, 5.41) is 3.12. The van der Waals surface area contributed by atoms with Gasteiger partial charge in [-0.25, -0.2) is 0 Å². The Morgan fingerprint density at radius 1 is 1.11 bits per heavy atom. The van der Waals surface area contributed by atoms with E-state index in [-0.39, 0.29) is 11.8 Å². The van der Waals surface area contributed by atoms with Crippen molar-refractivity contribution in [2.24, 2.45) is 29.1 Å². The van der Waals surface area contributed by atoms with Crippen molar-refractivity contribution in [3.63, 3.8) is 0 Å². The zero-order chi connectivity index (χ0) is 12.8. The van der Waals surface area contributed by atoms with E-state index in [9.17, 15) is 4.79 Å². The molecule has 2 heteroatoms. The van der Waals surface area contributed by atoms with E-state index in [0.717, 1.165) is 24.3 Å². The molecule has 0 heterocycles. The fourth-order valence-electron chi connectivity index (χ4n) is 5.25. The smallest absolute Gasteiger partial charge is 0.222 e. The molecular formula is C16H27NO. The van der Waals surface area contributed by atoms with Gasteiger partial charge in [0.05, 0.1) is 0 Å². The molecule has 4 aliphatic carbocycles. The van der Waals surface area contributed by atoms with Gasteiger partial charge >= 0.3 is 0 Å². The first-order valence-corrected chi connectivity index (χ1v) is 7.84. The van der Waals surface area contributed by atoms with Gasteiger partial charge in [0.25, 0.3) is 0 Å². The Morgan fingerprint density at radius 3 is 2.06 bits per heavy atom. The highest BCUT2D eigenvalue weighted by Crippen LogP contribution is 2.61. The van der Waals surface area contributed by atoms with Gasteiger partial charge in [-0.05, 0) is 68.1 Å². The summed E-state index contributed by atoms with van der Waals surface area (Å²) in [4.78, 5) is 11.6. The highest BCUT2D eigenvalue weighted by atomic mass is 16.1. The van der Waals surface area contributed by atoms with Gasteiger partial charge in [-0.15, -0.1) is 0 Å². The summed E-state index contributed by atoms with van der Waals surface area (Å²) in [6, 6.07) is 0.